The van der Waals surface area contributed by atoms with Crippen LogP contribution >= 0.6 is 11.6 Å². The summed E-state index contributed by atoms with van der Waals surface area (Å²) >= 11 is 5.52. The summed E-state index contributed by atoms with van der Waals surface area (Å²) in [7, 11) is 2.60. The summed E-state index contributed by atoms with van der Waals surface area (Å²) in [5, 5.41) is -0.0575. The molecule has 1 heterocycles. The molecule has 14 heavy (non-hydrogen) atoms. The molecule has 6 heteroatoms. The lowest BCUT2D eigenvalue weighted by atomic mass is 10.3. The van der Waals surface area contributed by atoms with Gasteiger partial charge in [0.15, 0.2) is 17.2 Å². The molecule has 3 nitrogen and oxygen atoms in total. The molecule has 0 unspecified atom stereocenters. The van der Waals surface area contributed by atoms with Gasteiger partial charge in [-0.05, 0) is 0 Å². The summed E-state index contributed by atoms with van der Waals surface area (Å²) in [6, 6.07) is 1.31. The predicted molar refractivity (Wildman–Crippen MR) is 47.3 cm³/mol. The quantitative estimate of drug-likeness (QED) is 0.739. The lowest BCUT2D eigenvalue weighted by molar-refractivity contribution is 0.140. The highest BCUT2D eigenvalue weighted by Gasteiger charge is 2.20. The van der Waals surface area contributed by atoms with Crippen LogP contribution in [0.4, 0.5) is 8.78 Å². The first kappa shape index (κ1) is 11.0. The number of nitrogens with zero attached hydrogens (tertiary/aromatic N) is 1. The molecule has 0 atom stereocenters. The summed E-state index contributed by atoms with van der Waals surface area (Å²) in [5.74, 6) is 0.0506. The summed E-state index contributed by atoms with van der Waals surface area (Å²) < 4.78 is 34.5. The van der Waals surface area contributed by atoms with Crippen molar-refractivity contribution in [3.8, 4) is 11.5 Å². The Hall–Kier alpha value is -1.10. The average Bonchev–Trinajstić information content (AvgIpc) is 2.16. The van der Waals surface area contributed by atoms with Crippen LogP contribution in [0.5, 0.6) is 11.5 Å². The third-order valence-corrected chi connectivity index (χ3v) is 1.76. The van der Waals surface area contributed by atoms with Crippen molar-refractivity contribution >= 4 is 11.6 Å². The highest BCUT2D eigenvalue weighted by molar-refractivity contribution is 6.29. The van der Waals surface area contributed by atoms with Crippen LogP contribution in [0.25, 0.3) is 0 Å². The van der Waals surface area contributed by atoms with Gasteiger partial charge in [0, 0.05) is 6.07 Å². The van der Waals surface area contributed by atoms with E-state index in [4.69, 9.17) is 21.1 Å². The smallest absolute Gasteiger partial charge is 0.284 e. The number of halogens is 3. The molecular formula is C8H8ClF2NO2. The Balaban J connectivity index is 3.31. The van der Waals surface area contributed by atoms with E-state index in [1.54, 1.807) is 0 Å². The Labute approximate surface area is 84.6 Å². The maximum absolute atomic E-state index is 12.5. The second-order valence-corrected chi connectivity index (χ2v) is 2.75. The van der Waals surface area contributed by atoms with Gasteiger partial charge in [-0.15, -0.1) is 0 Å². The second kappa shape index (κ2) is 4.41. The topological polar surface area (TPSA) is 31.4 Å². The Kier molecular flexibility index (Phi) is 3.46. The number of ether oxygens (including phenoxy) is 2. The zero-order valence-corrected chi connectivity index (χ0v) is 8.31. The van der Waals surface area contributed by atoms with Gasteiger partial charge in [0.1, 0.15) is 5.15 Å². The number of rotatable bonds is 3. The summed E-state index contributed by atoms with van der Waals surface area (Å²) in [6.45, 7) is 0. The van der Waals surface area contributed by atoms with Crippen LogP contribution in [0.2, 0.25) is 5.15 Å². The van der Waals surface area contributed by atoms with E-state index < -0.39 is 12.1 Å². The minimum absolute atomic E-state index is 0.0575. The SMILES string of the molecule is COc1cc(Cl)nc(C(F)F)c1OC. The van der Waals surface area contributed by atoms with Crippen molar-refractivity contribution in [3.05, 3.63) is 16.9 Å². The number of pyridine rings is 1. The molecule has 1 rings (SSSR count). The molecule has 0 fully saturated rings. The van der Waals surface area contributed by atoms with Crippen molar-refractivity contribution in [1.82, 2.24) is 4.98 Å². The van der Waals surface area contributed by atoms with E-state index in [2.05, 4.69) is 4.98 Å². The first-order chi connectivity index (χ1) is 6.60. The normalized spacial score (nSPS) is 10.4. The maximum atomic E-state index is 12.5. The van der Waals surface area contributed by atoms with Gasteiger partial charge in [-0.2, -0.15) is 0 Å². The van der Waals surface area contributed by atoms with E-state index in [1.807, 2.05) is 0 Å². The number of hydrogen-bond donors (Lipinski definition) is 0. The molecule has 0 N–H and O–H groups in total. The zero-order chi connectivity index (χ0) is 10.7. The monoisotopic (exact) mass is 223 g/mol. The van der Waals surface area contributed by atoms with Gasteiger partial charge in [0.25, 0.3) is 6.43 Å². The van der Waals surface area contributed by atoms with Crippen LogP contribution in [0.15, 0.2) is 6.07 Å². The molecule has 0 aliphatic carbocycles. The summed E-state index contributed by atoms with van der Waals surface area (Å²) in [5.41, 5.74) is -0.517. The van der Waals surface area contributed by atoms with Crippen molar-refractivity contribution in [3.63, 3.8) is 0 Å². The van der Waals surface area contributed by atoms with Crippen LogP contribution in [-0.4, -0.2) is 19.2 Å². The minimum Gasteiger partial charge on any atom is -0.493 e. The fraction of sp³-hybridized carbons (Fsp3) is 0.375. The largest absolute Gasteiger partial charge is 0.493 e. The first-order valence-electron chi connectivity index (χ1n) is 3.66. The van der Waals surface area contributed by atoms with Crippen LogP contribution in [0.1, 0.15) is 12.1 Å². The Morgan fingerprint density at radius 3 is 2.43 bits per heavy atom. The van der Waals surface area contributed by atoms with E-state index >= 15 is 0 Å². The van der Waals surface area contributed by atoms with Gasteiger partial charge in [-0.25, -0.2) is 13.8 Å². The minimum atomic E-state index is -2.75. The average molecular weight is 224 g/mol. The molecule has 0 aromatic carbocycles. The molecule has 0 bridgehead atoms. The first-order valence-corrected chi connectivity index (χ1v) is 4.04. The highest BCUT2D eigenvalue weighted by atomic mass is 35.5. The third kappa shape index (κ3) is 2.04. The standard InChI is InChI=1S/C8H8ClF2NO2/c1-13-4-3-5(9)12-6(8(10)11)7(4)14-2/h3,8H,1-2H3. The van der Waals surface area contributed by atoms with Crippen molar-refractivity contribution in [2.24, 2.45) is 0 Å². The van der Waals surface area contributed by atoms with Crippen molar-refractivity contribution in [1.29, 1.82) is 0 Å². The Bertz CT molecular complexity index is 333. The van der Waals surface area contributed by atoms with Gasteiger partial charge >= 0.3 is 0 Å². The number of aromatic nitrogens is 1. The van der Waals surface area contributed by atoms with Gasteiger partial charge in [-0.1, -0.05) is 11.6 Å². The van der Waals surface area contributed by atoms with Gasteiger partial charge in [-0.3, -0.25) is 0 Å². The molecule has 0 radical (unpaired) electrons. The van der Waals surface area contributed by atoms with Gasteiger partial charge < -0.3 is 9.47 Å². The highest BCUT2D eigenvalue weighted by Crippen LogP contribution is 2.36. The van der Waals surface area contributed by atoms with Crippen LogP contribution < -0.4 is 9.47 Å². The van der Waals surface area contributed by atoms with Crippen LogP contribution in [0.3, 0.4) is 0 Å². The summed E-state index contributed by atoms with van der Waals surface area (Å²) in [6.07, 6.45) is -2.75. The van der Waals surface area contributed by atoms with Crippen LogP contribution in [-0.2, 0) is 0 Å². The van der Waals surface area contributed by atoms with E-state index in [-0.39, 0.29) is 16.7 Å². The number of methoxy groups -OCH3 is 2. The van der Waals surface area contributed by atoms with E-state index in [9.17, 15) is 8.78 Å². The number of alkyl halides is 2. The summed E-state index contributed by atoms with van der Waals surface area (Å²) in [4.78, 5) is 3.46. The molecule has 0 spiro atoms. The van der Waals surface area contributed by atoms with Gasteiger partial charge in [0.05, 0.1) is 14.2 Å². The van der Waals surface area contributed by atoms with Crippen molar-refractivity contribution < 1.29 is 18.3 Å². The van der Waals surface area contributed by atoms with E-state index in [1.165, 1.54) is 20.3 Å². The third-order valence-electron chi connectivity index (χ3n) is 1.56. The lowest BCUT2D eigenvalue weighted by Crippen LogP contribution is -1.99. The van der Waals surface area contributed by atoms with E-state index in [0.29, 0.717) is 0 Å². The molecular weight excluding hydrogens is 216 g/mol. The Morgan fingerprint density at radius 2 is 2.00 bits per heavy atom. The zero-order valence-electron chi connectivity index (χ0n) is 7.55. The van der Waals surface area contributed by atoms with Crippen molar-refractivity contribution in [2.45, 2.75) is 6.43 Å². The lowest BCUT2D eigenvalue weighted by Gasteiger charge is -2.11. The second-order valence-electron chi connectivity index (χ2n) is 2.37. The molecule has 78 valence electrons. The molecule has 1 aromatic heterocycles. The predicted octanol–water partition coefficient (Wildman–Crippen LogP) is 2.69. The maximum Gasteiger partial charge on any atom is 0.284 e. The molecule has 0 saturated carbocycles. The van der Waals surface area contributed by atoms with E-state index in [0.717, 1.165) is 0 Å². The Morgan fingerprint density at radius 1 is 1.36 bits per heavy atom. The fourth-order valence-corrected chi connectivity index (χ4v) is 1.19. The molecule has 0 aliphatic heterocycles. The van der Waals surface area contributed by atoms with Gasteiger partial charge in [0.2, 0.25) is 0 Å². The fourth-order valence-electron chi connectivity index (χ4n) is 1.00. The molecule has 1 aromatic rings. The molecule has 0 amide bonds. The number of hydrogen-bond acceptors (Lipinski definition) is 3. The molecule has 0 aliphatic rings. The van der Waals surface area contributed by atoms with Crippen LogP contribution in [0, 0.1) is 0 Å². The molecule has 0 saturated heterocycles. The van der Waals surface area contributed by atoms with Crippen molar-refractivity contribution in [2.75, 3.05) is 14.2 Å².